The van der Waals surface area contributed by atoms with Crippen LogP contribution in [0.15, 0.2) is 0 Å². The van der Waals surface area contributed by atoms with Gasteiger partial charge in [0.2, 0.25) is 10.0 Å². The number of ether oxygens (including phenoxy) is 1. The molecule has 0 saturated carbocycles. The highest BCUT2D eigenvalue weighted by Crippen LogP contribution is 2.24. The van der Waals surface area contributed by atoms with Gasteiger partial charge in [0.1, 0.15) is 0 Å². The molecule has 1 aliphatic rings. The Morgan fingerprint density at radius 2 is 2.12 bits per heavy atom. The minimum Gasteiger partial charge on any atom is -0.368 e. The van der Waals surface area contributed by atoms with Crippen LogP contribution in [0.1, 0.15) is 27.2 Å². The Morgan fingerprint density at radius 1 is 1.50 bits per heavy atom. The fourth-order valence-corrected chi connectivity index (χ4v) is 3.76. The van der Waals surface area contributed by atoms with Crippen LogP contribution in [0.25, 0.3) is 0 Å². The Bertz CT molecular complexity index is 329. The van der Waals surface area contributed by atoms with Crippen LogP contribution in [-0.4, -0.2) is 49.2 Å². The predicted molar refractivity (Wildman–Crippen MR) is 65.3 cm³/mol. The number of morpholine rings is 1. The van der Waals surface area contributed by atoms with Gasteiger partial charge in [-0.2, -0.15) is 4.31 Å². The summed E-state index contributed by atoms with van der Waals surface area (Å²) in [6, 6.07) is 0. The zero-order valence-corrected chi connectivity index (χ0v) is 11.6. The van der Waals surface area contributed by atoms with E-state index in [0.29, 0.717) is 25.4 Å². The summed E-state index contributed by atoms with van der Waals surface area (Å²) in [4.78, 5) is 0. The third-order valence-corrected chi connectivity index (χ3v) is 4.81. The van der Waals surface area contributed by atoms with Gasteiger partial charge in [-0.3, -0.25) is 0 Å². The molecule has 0 aromatic heterocycles. The molecule has 0 N–H and O–H groups in total. The van der Waals surface area contributed by atoms with E-state index in [1.165, 1.54) is 4.31 Å². The van der Waals surface area contributed by atoms with Gasteiger partial charge in [-0.15, -0.1) is 11.6 Å². The number of sulfonamides is 1. The Kier molecular flexibility index (Phi) is 4.63. The van der Waals surface area contributed by atoms with E-state index in [9.17, 15) is 8.42 Å². The summed E-state index contributed by atoms with van der Waals surface area (Å²) in [5, 5.41) is 0. The second-order valence-electron chi connectivity index (χ2n) is 4.76. The predicted octanol–water partition coefficient (Wildman–Crippen LogP) is 1.44. The number of rotatable bonds is 4. The number of nitrogens with zero attached hydrogens (tertiary/aromatic N) is 1. The molecule has 1 fully saturated rings. The summed E-state index contributed by atoms with van der Waals surface area (Å²) in [5.74, 6) is 0.514. The van der Waals surface area contributed by atoms with Crippen molar-refractivity contribution >= 4 is 21.6 Å². The molecule has 0 radical (unpaired) electrons. The highest BCUT2D eigenvalue weighted by Gasteiger charge is 2.37. The lowest BCUT2D eigenvalue weighted by Crippen LogP contribution is -2.55. The molecule has 1 rings (SSSR count). The first-order valence-corrected chi connectivity index (χ1v) is 7.66. The largest absolute Gasteiger partial charge is 0.368 e. The van der Waals surface area contributed by atoms with E-state index in [0.717, 1.165) is 0 Å². The molecule has 0 amide bonds. The molecule has 1 unspecified atom stereocenters. The molecule has 1 aliphatic heterocycles. The molecular formula is C10H20ClNO3S. The smallest absolute Gasteiger partial charge is 0.214 e. The van der Waals surface area contributed by atoms with E-state index in [2.05, 4.69) is 0 Å². The molecule has 16 heavy (non-hydrogen) atoms. The molecule has 0 aromatic carbocycles. The molecule has 0 spiro atoms. The first-order valence-electron chi connectivity index (χ1n) is 5.52. The lowest BCUT2D eigenvalue weighted by atomic mass is 10.1. The van der Waals surface area contributed by atoms with Crippen molar-refractivity contribution in [2.24, 2.45) is 0 Å². The summed E-state index contributed by atoms with van der Waals surface area (Å²) >= 11 is 5.75. The molecule has 1 heterocycles. The van der Waals surface area contributed by atoms with Crippen molar-refractivity contribution in [3.63, 3.8) is 0 Å². The van der Waals surface area contributed by atoms with Crippen LogP contribution in [-0.2, 0) is 14.8 Å². The van der Waals surface area contributed by atoms with E-state index in [1.54, 1.807) is 0 Å². The maximum absolute atomic E-state index is 12.0. The van der Waals surface area contributed by atoms with E-state index in [-0.39, 0.29) is 11.9 Å². The van der Waals surface area contributed by atoms with Crippen LogP contribution in [0, 0.1) is 0 Å². The van der Waals surface area contributed by atoms with Gasteiger partial charge >= 0.3 is 0 Å². The summed E-state index contributed by atoms with van der Waals surface area (Å²) in [5.41, 5.74) is -0.460. The maximum atomic E-state index is 12.0. The van der Waals surface area contributed by atoms with Crippen LogP contribution in [0.2, 0.25) is 0 Å². The molecule has 4 nitrogen and oxygen atoms in total. The van der Waals surface area contributed by atoms with Crippen LogP contribution < -0.4 is 0 Å². The van der Waals surface area contributed by atoms with Crippen molar-refractivity contribution in [2.45, 2.75) is 38.9 Å². The van der Waals surface area contributed by atoms with Gasteiger partial charge in [0.15, 0.2) is 0 Å². The number of alkyl halides is 1. The van der Waals surface area contributed by atoms with E-state index in [4.69, 9.17) is 16.3 Å². The van der Waals surface area contributed by atoms with Crippen LogP contribution >= 0.6 is 11.6 Å². The number of hydrogen-bond acceptors (Lipinski definition) is 3. The third-order valence-electron chi connectivity index (χ3n) is 2.48. The first kappa shape index (κ1) is 14.2. The van der Waals surface area contributed by atoms with Crippen LogP contribution in [0.4, 0.5) is 0 Å². The second kappa shape index (κ2) is 5.21. The van der Waals surface area contributed by atoms with E-state index >= 15 is 0 Å². The zero-order chi connectivity index (χ0) is 12.4. The van der Waals surface area contributed by atoms with Gasteiger partial charge in [-0.05, 0) is 20.3 Å². The number of halogens is 1. The Balaban J connectivity index is 2.81. The molecule has 1 atom stereocenters. The Hall–Kier alpha value is 0.160. The average molecular weight is 270 g/mol. The fourth-order valence-electron chi connectivity index (χ4n) is 1.92. The molecular weight excluding hydrogens is 250 g/mol. The molecule has 0 aliphatic carbocycles. The molecule has 0 aromatic rings. The van der Waals surface area contributed by atoms with Crippen molar-refractivity contribution in [1.29, 1.82) is 0 Å². The molecule has 1 saturated heterocycles. The highest BCUT2D eigenvalue weighted by atomic mass is 35.5. The molecule has 0 bridgehead atoms. The minimum absolute atomic E-state index is 0.193. The van der Waals surface area contributed by atoms with Crippen molar-refractivity contribution in [2.75, 3.05) is 24.7 Å². The molecule has 96 valence electrons. The van der Waals surface area contributed by atoms with Gasteiger partial charge in [-0.25, -0.2) is 8.42 Å². The van der Waals surface area contributed by atoms with E-state index < -0.39 is 15.6 Å². The highest BCUT2D eigenvalue weighted by molar-refractivity contribution is 7.89. The van der Waals surface area contributed by atoms with Crippen molar-refractivity contribution in [3.05, 3.63) is 0 Å². The van der Waals surface area contributed by atoms with Gasteiger partial charge in [0, 0.05) is 19.0 Å². The standard InChI is InChI=1S/C10H20ClNO3S/c1-4-5-16(13,14)12-7-9(6-11)15-10(2,3)8-12/h9H,4-8H2,1-3H3. The van der Waals surface area contributed by atoms with Crippen LogP contribution in [0.5, 0.6) is 0 Å². The SMILES string of the molecule is CCCS(=O)(=O)N1CC(CCl)OC(C)(C)C1. The van der Waals surface area contributed by atoms with Gasteiger partial charge in [0.05, 0.1) is 17.5 Å². The summed E-state index contributed by atoms with van der Waals surface area (Å²) in [6.45, 7) is 6.42. The van der Waals surface area contributed by atoms with Crippen molar-refractivity contribution < 1.29 is 13.2 Å². The number of hydrogen-bond donors (Lipinski definition) is 0. The lowest BCUT2D eigenvalue weighted by Gasteiger charge is -2.41. The zero-order valence-electron chi connectivity index (χ0n) is 10.1. The minimum atomic E-state index is -3.15. The van der Waals surface area contributed by atoms with E-state index in [1.807, 2.05) is 20.8 Å². The van der Waals surface area contributed by atoms with Crippen molar-refractivity contribution in [1.82, 2.24) is 4.31 Å². The quantitative estimate of drug-likeness (QED) is 0.726. The topological polar surface area (TPSA) is 46.6 Å². The first-order chi connectivity index (χ1) is 7.30. The molecule has 6 heteroatoms. The lowest BCUT2D eigenvalue weighted by molar-refractivity contribution is -0.107. The Morgan fingerprint density at radius 3 is 2.62 bits per heavy atom. The monoisotopic (exact) mass is 269 g/mol. The normalized spacial score (nSPS) is 26.9. The fraction of sp³-hybridized carbons (Fsp3) is 1.00. The average Bonchev–Trinajstić information content (AvgIpc) is 2.15. The van der Waals surface area contributed by atoms with Crippen LogP contribution in [0.3, 0.4) is 0 Å². The van der Waals surface area contributed by atoms with Crippen molar-refractivity contribution in [3.8, 4) is 0 Å². The summed E-state index contributed by atoms with van der Waals surface area (Å²) < 4.78 is 31.1. The van der Waals surface area contributed by atoms with Gasteiger partial charge < -0.3 is 4.74 Å². The van der Waals surface area contributed by atoms with Gasteiger partial charge in [-0.1, -0.05) is 6.92 Å². The Labute approximate surface area is 103 Å². The second-order valence-corrected chi connectivity index (χ2v) is 7.16. The maximum Gasteiger partial charge on any atom is 0.214 e. The van der Waals surface area contributed by atoms with Gasteiger partial charge in [0.25, 0.3) is 0 Å². The summed E-state index contributed by atoms with van der Waals surface area (Å²) in [7, 11) is -3.15. The summed E-state index contributed by atoms with van der Waals surface area (Å²) in [6.07, 6.45) is 0.420. The third kappa shape index (κ3) is 3.58.